The number of carboxylic acid groups (broad SMARTS) is 1. The van der Waals surface area contributed by atoms with Crippen LogP contribution in [0.25, 0.3) is 6.08 Å². The van der Waals surface area contributed by atoms with Gasteiger partial charge in [0.1, 0.15) is 5.82 Å². The maximum atomic E-state index is 13.7. The fourth-order valence-corrected chi connectivity index (χ4v) is 1.80. The highest BCUT2D eigenvalue weighted by Gasteiger charge is 2.14. The Hall–Kier alpha value is -2.17. The molecule has 0 saturated carbocycles. The van der Waals surface area contributed by atoms with Gasteiger partial charge >= 0.3 is 5.97 Å². The normalized spacial score (nSPS) is 11.0. The van der Waals surface area contributed by atoms with Gasteiger partial charge in [0.25, 0.3) is 0 Å². The van der Waals surface area contributed by atoms with E-state index in [0.717, 1.165) is 18.9 Å². The molecule has 108 valence electrons. The second-order valence-electron chi connectivity index (χ2n) is 4.41. The minimum absolute atomic E-state index is 0.0929. The average molecular weight is 279 g/mol. The standard InChI is InChI=1S/C15H18FNO3/c1-3-10(4-2)15(20)17-12-7-5-11(13(16)9-12)6-8-14(18)19/h5-10H,3-4H2,1-2H3,(H,17,20)(H,18,19). The monoisotopic (exact) mass is 279 g/mol. The summed E-state index contributed by atoms with van der Waals surface area (Å²) in [5.41, 5.74) is 0.528. The lowest BCUT2D eigenvalue weighted by Crippen LogP contribution is -2.21. The molecular formula is C15H18FNO3. The molecule has 1 amide bonds. The van der Waals surface area contributed by atoms with Crippen LogP contribution in [-0.4, -0.2) is 17.0 Å². The van der Waals surface area contributed by atoms with Crippen molar-refractivity contribution in [1.82, 2.24) is 0 Å². The first-order chi connectivity index (χ1) is 9.47. The van der Waals surface area contributed by atoms with Crippen LogP contribution < -0.4 is 5.32 Å². The summed E-state index contributed by atoms with van der Waals surface area (Å²) in [6.07, 6.45) is 3.49. The number of amides is 1. The molecule has 0 heterocycles. The molecule has 1 aromatic carbocycles. The molecule has 0 atom stereocenters. The van der Waals surface area contributed by atoms with Crippen LogP contribution in [-0.2, 0) is 9.59 Å². The van der Waals surface area contributed by atoms with E-state index in [2.05, 4.69) is 5.32 Å². The predicted octanol–water partition coefficient (Wildman–Crippen LogP) is 3.30. The van der Waals surface area contributed by atoms with Crippen molar-refractivity contribution in [3.8, 4) is 0 Å². The molecule has 20 heavy (non-hydrogen) atoms. The Balaban J connectivity index is 2.82. The molecule has 0 unspecified atom stereocenters. The van der Waals surface area contributed by atoms with Gasteiger partial charge in [-0.05, 0) is 37.1 Å². The summed E-state index contributed by atoms with van der Waals surface area (Å²) in [5.74, 6) is -1.95. The Kier molecular flexibility index (Phi) is 5.90. The van der Waals surface area contributed by atoms with Crippen molar-refractivity contribution in [2.75, 3.05) is 5.32 Å². The molecule has 0 fully saturated rings. The first-order valence-corrected chi connectivity index (χ1v) is 6.49. The maximum Gasteiger partial charge on any atom is 0.328 e. The van der Waals surface area contributed by atoms with E-state index in [1.165, 1.54) is 18.2 Å². The van der Waals surface area contributed by atoms with E-state index in [9.17, 15) is 14.0 Å². The average Bonchev–Trinajstić information content (AvgIpc) is 2.39. The van der Waals surface area contributed by atoms with Crippen molar-refractivity contribution < 1.29 is 19.1 Å². The first kappa shape index (κ1) is 15.9. The highest BCUT2D eigenvalue weighted by atomic mass is 19.1. The van der Waals surface area contributed by atoms with Gasteiger partial charge in [0, 0.05) is 23.2 Å². The van der Waals surface area contributed by atoms with Crippen LogP contribution in [0.1, 0.15) is 32.3 Å². The maximum absolute atomic E-state index is 13.7. The lowest BCUT2D eigenvalue weighted by atomic mass is 10.0. The molecule has 4 nitrogen and oxygen atoms in total. The van der Waals surface area contributed by atoms with E-state index in [4.69, 9.17) is 5.11 Å². The molecule has 2 N–H and O–H groups in total. The Labute approximate surface area is 117 Å². The second kappa shape index (κ2) is 7.43. The predicted molar refractivity (Wildman–Crippen MR) is 75.8 cm³/mol. The van der Waals surface area contributed by atoms with Gasteiger partial charge < -0.3 is 10.4 Å². The van der Waals surface area contributed by atoms with Crippen molar-refractivity contribution in [2.45, 2.75) is 26.7 Å². The van der Waals surface area contributed by atoms with Crippen LogP contribution in [0.2, 0.25) is 0 Å². The SMILES string of the molecule is CCC(CC)C(=O)Nc1ccc(C=CC(=O)O)c(F)c1. The first-order valence-electron chi connectivity index (χ1n) is 6.49. The largest absolute Gasteiger partial charge is 0.478 e. The van der Waals surface area contributed by atoms with E-state index in [1.807, 2.05) is 13.8 Å². The Morgan fingerprint density at radius 2 is 2.00 bits per heavy atom. The number of carbonyl (C=O) groups is 2. The third-order valence-electron chi connectivity index (χ3n) is 3.03. The van der Waals surface area contributed by atoms with Gasteiger partial charge in [-0.15, -0.1) is 0 Å². The summed E-state index contributed by atoms with van der Waals surface area (Å²) < 4.78 is 13.7. The lowest BCUT2D eigenvalue weighted by molar-refractivity contribution is -0.131. The molecule has 0 radical (unpaired) electrons. The van der Waals surface area contributed by atoms with Crippen molar-refractivity contribution >= 4 is 23.6 Å². The van der Waals surface area contributed by atoms with E-state index in [0.29, 0.717) is 5.69 Å². The third-order valence-corrected chi connectivity index (χ3v) is 3.03. The lowest BCUT2D eigenvalue weighted by Gasteiger charge is -2.13. The number of halogens is 1. The summed E-state index contributed by atoms with van der Waals surface area (Å²) in [4.78, 5) is 22.2. The zero-order valence-electron chi connectivity index (χ0n) is 11.5. The van der Waals surface area contributed by atoms with Crippen LogP contribution >= 0.6 is 0 Å². The second-order valence-corrected chi connectivity index (χ2v) is 4.41. The van der Waals surface area contributed by atoms with Gasteiger partial charge in [0.05, 0.1) is 0 Å². The molecule has 0 spiro atoms. The van der Waals surface area contributed by atoms with E-state index < -0.39 is 11.8 Å². The summed E-state index contributed by atoms with van der Waals surface area (Å²) in [6.45, 7) is 3.85. The van der Waals surface area contributed by atoms with Crippen molar-refractivity contribution in [3.63, 3.8) is 0 Å². The van der Waals surface area contributed by atoms with Crippen LogP contribution in [0.5, 0.6) is 0 Å². The number of hydrogen-bond donors (Lipinski definition) is 2. The molecule has 0 aliphatic carbocycles. The minimum Gasteiger partial charge on any atom is -0.478 e. The zero-order valence-corrected chi connectivity index (χ0v) is 11.5. The van der Waals surface area contributed by atoms with Crippen LogP contribution in [0.15, 0.2) is 24.3 Å². The van der Waals surface area contributed by atoms with E-state index >= 15 is 0 Å². The summed E-state index contributed by atoms with van der Waals surface area (Å²) in [5, 5.41) is 11.1. The van der Waals surface area contributed by atoms with Gasteiger partial charge in [-0.25, -0.2) is 9.18 Å². The Morgan fingerprint density at radius 1 is 1.35 bits per heavy atom. The molecule has 0 aliphatic rings. The molecule has 0 bridgehead atoms. The van der Waals surface area contributed by atoms with E-state index in [1.54, 1.807) is 6.07 Å². The smallest absolute Gasteiger partial charge is 0.328 e. The van der Waals surface area contributed by atoms with Gasteiger partial charge in [-0.3, -0.25) is 4.79 Å². The number of carboxylic acids is 1. The Morgan fingerprint density at radius 3 is 2.50 bits per heavy atom. The van der Waals surface area contributed by atoms with Crippen LogP contribution in [0.3, 0.4) is 0 Å². The van der Waals surface area contributed by atoms with Gasteiger partial charge in [-0.2, -0.15) is 0 Å². The fraction of sp³-hybridized carbons (Fsp3) is 0.333. The molecular weight excluding hydrogens is 261 g/mol. The topological polar surface area (TPSA) is 66.4 Å². The van der Waals surface area contributed by atoms with Crippen molar-refractivity contribution in [1.29, 1.82) is 0 Å². The number of rotatable bonds is 6. The zero-order chi connectivity index (χ0) is 15.1. The third kappa shape index (κ3) is 4.50. The van der Waals surface area contributed by atoms with Crippen molar-refractivity contribution in [2.24, 2.45) is 5.92 Å². The van der Waals surface area contributed by atoms with E-state index in [-0.39, 0.29) is 17.4 Å². The molecule has 0 saturated heterocycles. The van der Waals surface area contributed by atoms with Gasteiger partial charge in [0.2, 0.25) is 5.91 Å². The summed E-state index contributed by atoms with van der Waals surface area (Å²) >= 11 is 0. The molecule has 0 aliphatic heterocycles. The number of benzene rings is 1. The fourth-order valence-electron chi connectivity index (χ4n) is 1.80. The molecule has 1 aromatic rings. The van der Waals surface area contributed by atoms with Crippen molar-refractivity contribution in [3.05, 3.63) is 35.7 Å². The highest BCUT2D eigenvalue weighted by Crippen LogP contribution is 2.18. The molecule has 0 aromatic heterocycles. The number of anilines is 1. The number of aliphatic carboxylic acids is 1. The highest BCUT2D eigenvalue weighted by molar-refractivity contribution is 5.92. The minimum atomic E-state index is -1.14. The number of carbonyl (C=O) groups excluding carboxylic acids is 1. The van der Waals surface area contributed by atoms with Gasteiger partial charge in [-0.1, -0.05) is 13.8 Å². The van der Waals surface area contributed by atoms with Crippen LogP contribution in [0.4, 0.5) is 10.1 Å². The molecule has 1 rings (SSSR count). The van der Waals surface area contributed by atoms with Gasteiger partial charge in [0.15, 0.2) is 0 Å². The summed E-state index contributed by atoms with van der Waals surface area (Å²) in [6, 6.07) is 4.16. The Bertz CT molecular complexity index is 522. The number of hydrogen-bond acceptors (Lipinski definition) is 2. The number of nitrogens with one attached hydrogen (secondary N) is 1. The quantitative estimate of drug-likeness (QED) is 0.785. The molecule has 5 heteroatoms. The summed E-state index contributed by atoms with van der Waals surface area (Å²) in [7, 11) is 0. The van der Waals surface area contributed by atoms with Crippen LogP contribution in [0, 0.1) is 11.7 Å².